The first kappa shape index (κ1) is 20.8. The number of amides is 1. The van der Waals surface area contributed by atoms with Gasteiger partial charge in [0.25, 0.3) is 5.91 Å². The molecule has 2 aromatic carbocycles. The molecule has 0 spiro atoms. The summed E-state index contributed by atoms with van der Waals surface area (Å²) in [6.07, 6.45) is 3.19. The van der Waals surface area contributed by atoms with Gasteiger partial charge in [0.15, 0.2) is 5.17 Å². The molecule has 0 unspecified atom stereocenters. The zero-order chi connectivity index (χ0) is 22.1. The maximum atomic E-state index is 13.3. The first-order valence-electron chi connectivity index (χ1n) is 9.61. The molecule has 3 heterocycles. The van der Waals surface area contributed by atoms with Gasteiger partial charge in [0.2, 0.25) is 0 Å². The number of thiazole rings is 1. The highest BCUT2D eigenvalue weighted by molar-refractivity contribution is 8.13. The Morgan fingerprint density at radius 3 is 2.84 bits per heavy atom. The first-order valence-corrected chi connectivity index (χ1v) is 11.8. The normalized spacial score (nSPS) is 15.1. The number of rotatable bonds is 5. The number of hydrogen-bond donors (Lipinski definition) is 0. The van der Waals surface area contributed by atoms with Crippen LogP contribution in [0.15, 0.2) is 76.0 Å². The van der Waals surface area contributed by atoms with E-state index >= 15 is 0 Å². The summed E-state index contributed by atoms with van der Waals surface area (Å²) in [4.78, 5) is 24.1. The summed E-state index contributed by atoms with van der Waals surface area (Å²) in [5.41, 5.74) is 1.87. The molecule has 6 nitrogen and oxygen atoms in total. The van der Waals surface area contributed by atoms with E-state index in [1.165, 1.54) is 11.8 Å². The van der Waals surface area contributed by atoms with Gasteiger partial charge >= 0.3 is 0 Å². The Bertz CT molecular complexity index is 1330. The maximum absolute atomic E-state index is 13.3. The third-order valence-corrected chi connectivity index (χ3v) is 7.17. The van der Waals surface area contributed by atoms with Crippen LogP contribution in [0.4, 0.5) is 5.69 Å². The standard InChI is InChI=1S/C23H16ClN3O3S2/c1-29-19-9-8-14(11-16(19)24)27-22(28)18(12-15-5-4-10-30-15)26-23(27)31-13-21-25-17-6-2-3-7-20(17)32-21/h2-12H,13H2,1H3/b18-12+. The predicted molar refractivity (Wildman–Crippen MR) is 131 cm³/mol. The number of halogens is 1. The fourth-order valence-electron chi connectivity index (χ4n) is 3.23. The summed E-state index contributed by atoms with van der Waals surface area (Å²) >= 11 is 9.41. The minimum Gasteiger partial charge on any atom is -0.495 e. The van der Waals surface area contributed by atoms with E-state index in [-0.39, 0.29) is 5.91 Å². The molecule has 5 rings (SSSR count). The van der Waals surface area contributed by atoms with Gasteiger partial charge in [-0.05, 0) is 42.5 Å². The van der Waals surface area contributed by atoms with Crippen LogP contribution in [0, 0.1) is 0 Å². The van der Waals surface area contributed by atoms with Crippen molar-refractivity contribution in [3.05, 3.63) is 82.3 Å². The van der Waals surface area contributed by atoms with Crippen molar-refractivity contribution in [3.8, 4) is 5.75 Å². The molecule has 0 fully saturated rings. The van der Waals surface area contributed by atoms with Gasteiger partial charge in [-0.15, -0.1) is 11.3 Å². The molecule has 0 radical (unpaired) electrons. The molecular formula is C23H16ClN3O3S2. The molecule has 0 N–H and O–H groups in total. The van der Waals surface area contributed by atoms with Crippen LogP contribution in [0.2, 0.25) is 5.02 Å². The Kier molecular flexibility index (Phi) is 5.73. The number of carbonyl (C=O) groups is 1. The molecule has 9 heteroatoms. The van der Waals surface area contributed by atoms with E-state index in [1.54, 1.807) is 66.0 Å². The molecule has 0 saturated carbocycles. The summed E-state index contributed by atoms with van der Waals surface area (Å²) in [6, 6.07) is 16.8. The van der Waals surface area contributed by atoms with Crippen LogP contribution in [-0.4, -0.2) is 23.2 Å². The van der Waals surface area contributed by atoms with Crippen LogP contribution in [-0.2, 0) is 10.5 Å². The lowest BCUT2D eigenvalue weighted by atomic mass is 10.2. The minimum absolute atomic E-state index is 0.255. The number of fused-ring (bicyclic) bond motifs is 1. The summed E-state index contributed by atoms with van der Waals surface area (Å²) in [5.74, 6) is 1.42. The number of amidine groups is 1. The van der Waals surface area contributed by atoms with Gasteiger partial charge in [-0.25, -0.2) is 9.98 Å². The number of furan rings is 1. The van der Waals surface area contributed by atoms with E-state index in [4.69, 9.17) is 20.8 Å². The number of aromatic nitrogens is 1. The van der Waals surface area contributed by atoms with E-state index in [0.717, 1.165) is 15.2 Å². The van der Waals surface area contributed by atoms with Crippen LogP contribution in [0.5, 0.6) is 5.75 Å². The molecule has 4 aromatic rings. The molecule has 0 atom stereocenters. The van der Waals surface area contributed by atoms with Crippen molar-refractivity contribution < 1.29 is 13.9 Å². The summed E-state index contributed by atoms with van der Waals surface area (Å²) in [5, 5.41) is 1.92. The topological polar surface area (TPSA) is 67.9 Å². The maximum Gasteiger partial charge on any atom is 0.283 e. The second-order valence-corrected chi connectivity index (χ2v) is 9.23. The molecule has 0 bridgehead atoms. The van der Waals surface area contributed by atoms with Crippen LogP contribution in [0.1, 0.15) is 10.8 Å². The fraction of sp³-hybridized carbons (Fsp3) is 0.0870. The van der Waals surface area contributed by atoms with Crippen molar-refractivity contribution in [2.45, 2.75) is 5.75 Å². The van der Waals surface area contributed by atoms with Gasteiger partial charge in [0.1, 0.15) is 22.2 Å². The number of thioether (sulfide) groups is 1. The molecule has 160 valence electrons. The molecule has 1 aliphatic heterocycles. The lowest BCUT2D eigenvalue weighted by Gasteiger charge is -2.18. The van der Waals surface area contributed by atoms with E-state index < -0.39 is 0 Å². The van der Waals surface area contributed by atoms with Crippen molar-refractivity contribution in [3.63, 3.8) is 0 Å². The number of benzene rings is 2. The molecule has 2 aromatic heterocycles. The Morgan fingerprint density at radius 2 is 2.09 bits per heavy atom. The average Bonchev–Trinajstić information content (AvgIpc) is 3.52. The smallest absolute Gasteiger partial charge is 0.283 e. The number of carbonyl (C=O) groups excluding carboxylic acids is 1. The monoisotopic (exact) mass is 481 g/mol. The summed E-state index contributed by atoms with van der Waals surface area (Å²) in [7, 11) is 1.55. The fourth-order valence-corrected chi connectivity index (χ4v) is 5.46. The highest BCUT2D eigenvalue weighted by Crippen LogP contribution is 2.35. The lowest BCUT2D eigenvalue weighted by molar-refractivity contribution is -0.113. The highest BCUT2D eigenvalue weighted by Gasteiger charge is 2.33. The number of methoxy groups -OCH3 is 1. The SMILES string of the molecule is COc1ccc(N2C(=O)/C(=C\c3ccco3)N=C2SCc2nc3ccccc3s2)cc1Cl. The van der Waals surface area contributed by atoms with Gasteiger partial charge < -0.3 is 9.15 Å². The second-order valence-electron chi connectivity index (χ2n) is 6.76. The van der Waals surface area contributed by atoms with Gasteiger partial charge in [-0.2, -0.15) is 0 Å². The number of nitrogens with zero attached hydrogens (tertiary/aromatic N) is 3. The number of hydrogen-bond acceptors (Lipinski definition) is 7. The molecular weight excluding hydrogens is 466 g/mol. The lowest BCUT2D eigenvalue weighted by Crippen LogP contribution is -2.30. The summed E-state index contributed by atoms with van der Waals surface area (Å²) < 4.78 is 11.7. The zero-order valence-corrected chi connectivity index (χ0v) is 19.2. The zero-order valence-electron chi connectivity index (χ0n) is 16.8. The number of aliphatic imine (C=N–C) groups is 1. The van der Waals surface area contributed by atoms with Crippen molar-refractivity contribution in [2.75, 3.05) is 12.0 Å². The molecule has 0 saturated heterocycles. The minimum atomic E-state index is -0.255. The molecule has 1 aliphatic rings. The Balaban J connectivity index is 1.47. The third-order valence-electron chi connectivity index (χ3n) is 4.71. The van der Waals surface area contributed by atoms with E-state index in [1.807, 2.05) is 24.3 Å². The molecule has 32 heavy (non-hydrogen) atoms. The Labute approximate surface area is 197 Å². The second kappa shape index (κ2) is 8.82. The van der Waals surface area contributed by atoms with Crippen molar-refractivity contribution in [1.29, 1.82) is 0 Å². The predicted octanol–water partition coefficient (Wildman–Crippen LogP) is 6.23. The average molecular weight is 482 g/mol. The van der Waals surface area contributed by atoms with Crippen LogP contribution >= 0.6 is 34.7 Å². The van der Waals surface area contributed by atoms with Crippen LogP contribution < -0.4 is 9.64 Å². The highest BCUT2D eigenvalue weighted by atomic mass is 35.5. The Hall–Kier alpha value is -3.07. The number of para-hydroxylation sites is 1. The van der Waals surface area contributed by atoms with Gasteiger partial charge in [0, 0.05) is 6.08 Å². The van der Waals surface area contributed by atoms with Crippen molar-refractivity contribution in [1.82, 2.24) is 4.98 Å². The molecule has 1 amide bonds. The molecule has 0 aliphatic carbocycles. The summed E-state index contributed by atoms with van der Waals surface area (Å²) in [6.45, 7) is 0. The van der Waals surface area contributed by atoms with E-state index in [9.17, 15) is 4.79 Å². The van der Waals surface area contributed by atoms with Crippen molar-refractivity contribution >= 4 is 67.8 Å². The van der Waals surface area contributed by atoms with E-state index in [0.29, 0.717) is 38.8 Å². The van der Waals surface area contributed by atoms with Crippen LogP contribution in [0.3, 0.4) is 0 Å². The van der Waals surface area contributed by atoms with Crippen molar-refractivity contribution in [2.24, 2.45) is 4.99 Å². The van der Waals surface area contributed by atoms with Gasteiger partial charge in [-0.3, -0.25) is 9.69 Å². The number of anilines is 1. The van der Waals surface area contributed by atoms with Crippen LogP contribution in [0.25, 0.3) is 16.3 Å². The van der Waals surface area contributed by atoms with Gasteiger partial charge in [0.05, 0.1) is 40.1 Å². The first-order chi connectivity index (χ1) is 15.6. The Morgan fingerprint density at radius 1 is 1.22 bits per heavy atom. The quantitative estimate of drug-likeness (QED) is 0.316. The largest absolute Gasteiger partial charge is 0.495 e. The van der Waals surface area contributed by atoms with E-state index in [2.05, 4.69) is 9.98 Å². The third kappa shape index (κ3) is 4.04. The van der Waals surface area contributed by atoms with Gasteiger partial charge in [-0.1, -0.05) is 35.5 Å². The number of ether oxygens (including phenoxy) is 1.